The minimum Gasteiger partial charge on any atom is -0.335 e. The maximum absolute atomic E-state index is 12.8. The quantitative estimate of drug-likeness (QED) is 0.926. The van der Waals surface area contributed by atoms with Crippen LogP contribution in [0.1, 0.15) is 67.7 Å². The van der Waals surface area contributed by atoms with Crippen LogP contribution in [0.15, 0.2) is 0 Å². The van der Waals surface area contributed by atoms with Gasteiger partial charge in [-0.25, -0.2) is 0 Å². The van der Waals surface area contributed by atoms with Gasteiger partial charge >= 0.3 is 0 Å². The second-order valence-electron chi connectivity index (χ2n) is 5.80. The van der Waals surface area contributed by atoms with Crippen molar-refractivity contribution in [3.05, 3.63) is 10.6 Å². The van der Waals surface area contributed by atoms with Gasteiger partial charge in [-0.2, -0.15) is 0 Å². The van der Waals surface area contributed by atoms with Gasteiger partial charge in [0.15, 0.2) is 0 Å². The van der Waals surface area contributed by atoms with Crippen molar-refractivity contribution in [2.75, 3.05) is 6.54 Å². The molecule has 1 heterocycles. The summed E-state index contributed by atoms with van der Waals surface area (Å²) in [5.41, 5.74) is 6.78. The fraction of sp³-hybridized carbons (Fsp3) is 0.786. The summed E-state index contributed by atoms with van der Waals surface area (Å²) in [4.78, 5) is 15.5. The van der Waals surface area contributed by atoms with Gasteiger partial charge in [0.25, 0.3) is 5.91 Å². The van der Waals surface area contributed by atoms with Gasteiger partial charge in [-0.05, 0) is 50.1 Å². The molecule has 2 N–H and O–H groups in total. The smallest absolute Gasteiger partial charge is 0.267 e. The Morgan fingerprint density at radius 3 is 2.60 bits per heavy atom. The van der Waals surface area contributed by atoms with Crippen molar-refractivity contribution in [2.24, 2.45) is 5.73 Å². The van der Waals surface area contributed by atoms with E-state index in [9.17, 15) is 4.79 Å². The van der Waals surface area contributed by atoms with Crippen molar-refractivity contribution >= 4 is 17.4 Å². The lowest BCUT2D eigenvalue weighted by molar-refractivity contribution is 0.0644. The Hall–Kier alpha value is -1.01. The van der Waals surface area contributed by atoms with E-state index >= 15 is 0 Å². The lowest BCUT2D eigenvalue weighted by atomic mass is 9.90. The van der Waals surface area contributed by atoms with Crippen LogP contribution >= 0.6 is 11.5 Å². The Bertz CT molecular complexity index is 452. The largest absolute Gasteiger partial charge is 0.335 e. The first-order chi connectivity index (χ1) is 9.54. The molecular formula is C14H24N4OS. The molecule has 112 valence electrons. The highest BCUT2D eigenvalue weighted by atomic mass is 32.1. The summed E-state index contributed by atoms with van der Waals surface area (Å²) in [6.45, 7) is 6.86. The van der Waals surface area contributed by atoms with Crippen molar-refractivity contribution < 1.29 is 4.79 Å². The molecule has 1 aliphatic carbocycles. The average molecular weight is 296 g/mol. The SMILES string of the molecule is CCN(C(=O)c1snnc1C(C)C)C1CCC(N)CC1. The van der Waals surface area contributed by atoms with E-state index in [1.807, 2.05) is 25.7 Å². The molecular weight excluding hydrogens is 272 g/mol. The van der Waals surface area contributed by atoms with E-state index in [1.165, 1.54) is 11.5 Å². The van der Waals surface area contributed by atoms with Gasteiger partial charge in [0.05, 0.1) is 5.69 Å². The molecule has 20 heavy (non-hydrogen) atoms. The monoisotopic (exact) mass is 296 g/mol. The van der Waals surface area contributed by atoms with E-state index in [2.05, 4.69) is 9.59 Å². The first kappa shape index (κ1) is 15.4. The summed E-state index contributed by atoms with van der Waals surface area (Å²) in [6.07, 6.45) is 4.02. The highest BCUT2D eigenvalue weighted by Crippen LogP contribution is 2.26. The lowest BCUT2D eigenvalue weighted by Crippen LogP contribution is -2.44. The van der Waals surface area contributed by atoms with Crippen molar-refractivity contribution in [1.29, 1.82) is 0 Å². The van der Waals surface area contributed by atoms with Crippen LogP contribution in [-0.4, -0.2) is 39.0 Å². The van der Waals surface area contributed by atoms with E-state index in [0.29, 0.717) is 17.0 Å². The fourth-order valence-electron chi connectivity index (χ4n) is 2.83. The summed E-state index contributed by atoms with van der Waals surface area (Å²) >= 11 is 1.22. The fourth-order valence-corrected chi connectivity index (χ4v) is 3.61. The number of hydrogen-bond acceptors (Lipinski definition) is 5. The lowest BCUT2D eigenvalue weighted by Gasteiger charge is -2.35. The van der Waals surface area contributed by atoms with E-state index in [0.717, 1.165) is 37.9 Å². The van der Waals surface area contributed by atoms with Crippen molar-refractivity contribution in [2.45, 2.75) is 64.5 Å². The van der Waals surface area contributed by atoms with Gasteiger partial charge in [-0.15, -0.1) is 5.10 Å². The molecule has 1 fully saturated rings. The van der Waals surface area contributed by atoms with Crippen molar-refractivity contribution in [1.82, 2.24) is 14.5 Å². The molecule has 5 nitrogen and oxygen atoms in total. The van der Waals surface area contributed by atoms with Crippen LogP contribution in [0.2, 0.25) is 0 Å². The maximum Gasteiger partial charge on any atom is 0.267 e. The number of hydrogen-bond donors (Lipinski definition) is 1. The Labute approximate surface area is 124 Å². The third kappa shape index (κ3) is 3.17. The number of carbonyl (C=O) groups is 1. The number of nitrogens with two attached hydrogens (primary N) is 1. The predicted molar refractivity (Wildman–Crippen MR) is 80.9 cm³/mol. The van der Waals surface area contributed by atoms with Crippen LogP contribution in [0.5, 0.6) is 0 Å². The minimum absolute atomic E-state index is 0.0895. The molecule has 0 unspecified atom stereocenters. The van der Waals surface area contributed by atoms with E-state index in [4.69, 9.17) is 5.73 Å². The van der Waals surface area contributed by atoms with Gasteiger partial charge in [0.1, 0.15) is 4.88 Å². The summed E-state index contributed by atoms with van der Waals surface area (Å²) in [6, 6.07) is 0.616. The molecule has 0 atom stereocenters. The third-order valence-corrected chi connectivity index (χ3v) is 4.77. The van der Waals surface area contributed by atoms with Gasteiger partial charge < -0.3 is 10.6 Å². The average Bonchev–Trinajstić information content (AvgIpc) is 2.91. The molecule has 1 amide bonds. The van der Waals surface area contributed by atoms with Crippen LogP contribution in [0, 0.1) is 0 Å². The summed E-state index contributed by atoms with van der Waals surface area (Å²) < 4.78 is 3.96. The normalized spacial score (nSPS) is 23.1. The molecule has 1 saturated carbocycles. The van der Waals surface area contributed by atoms with Crippen LogP contribution in [0.3, 0.4) is 0 Å². The molecule has 1 aromatic heterocycles. The topological polar surface area (TPSA) is 72.1 Å². The molecule has 0 aliphatic heterocycles. The Morgan fingerprint density at radius 1 is 1.40 bits per heavy atom. The molecule has 0 radical (unpaired) electrons. The third-order valence-electron chi connectivity index (χ3n) is 4.04. The van der Waals surface area contributed by atoms with Gasteiger partial charge in [0.2, 0.25) is 0 Å². The summed E-state index contributed by atoms with van der Waals surface area (Å²) in [5, 5.41) is 4.11. The van der Waals surface area contributed by atoms with Crippen LogP contribution in [0.25, 0.3) is 0 Å². The van der Waals surface area contributed by atoms with Crippen LogP contribution in [-0.2, 0) is 0 Å². The zero-order valence-corrected chi connectivity index (χ0v) is 13.3. The minimum atomic E-state index is 0.0895. The van der Waals surface area contributed by atoms with E-state index in [-0.39, 0.29) is 11.8 Å². The van der Waals surface area contributed by atoms with Gasteiger partial charge in [-0.1, -0.05) is 18.3 Å². The zero-order chi connectivity index (χ0) is 14.7. The number of aromatic nitrogens is 2. The summed E-state index contributed by atoms with van der Waals surface area (Å²) in [7, 11) is 0. The number of amides is 1. The molecule has 0 spiro atoms. The molecule has 1 aliphatic rings. The van der Waals surface area contributed by atoms with Gasteiger partial charge in [-0.3, -0.25) is 4.79 Å². The number of nitrogens with zero attached hydrogens (tertiary/aromatic N) is 3. The molecule has 2 rings (SSSR count). The Balaban J connectivity index is 2.14. The van der Waals surface area contributed by atoms with Crippen LogP contribution < -0.4 is 5.73 Å². The van der Waals surface area contributed by atoms with Crippen molar-refractivity contribution in [3.8, 4) is 0 Å². The predicted octanol–water partition coefficient (Wildman–Crippen LogP) is 2.39. The van der Waals surface area contributed by atoms with E-state index < -0.39 is 0 Å². The number of carbonyl (C=O) groups excluding carboxylic acids is 1. The van der Waals surface area contributed by atoms with E-state index in [1.54, 1.807) is 0 Å². The zero-order valence-electron chi connectivity index (χ0n) is 12.5. The second-order valence-corrected chi connectivity index (χ2v) is 6.56. The second kappa shape index (κ2) is 6.63. The first-order valence-electron chi connectivity index (χ1n) is 7.43. The molecule has 0 saturated heterocycles. The number of rotatable bonds is 4. The van der Waals surface area contributed by atoms with Crippen molar-refractivity contribution in [3.63, 3.8) is 0 Å². The molecule has 1 aromatic rings. The first-order valence-corrected chi connectivity index (χ1v) is 8.20. The molecule has 0 bridgehead atoms. The molecule has 6 heteroatoms. The van der Waals surface area contributed by atoms with Gasteiger partial charge in [0, 0.05) is 18.6 Å². The Morgan fingerprint density at radius 2 is 2.05 bits per heavy atom. The Kier molecular flexibility index (Phi) is 5.10. The maximum atomic E-state index is 12.8. The van der Waals surface area contributed by atoms with Crippen LogP contribution in [0.4, 0.5) is 0 Å². The highest BCUT2D eigenvalue weighted by molar-refractivity contribution is 7.08. The molecule has 0 aromatic carbocycles. The standard InChI is InChI=1S/C14H24N4OS/c1-4-18(11-7-5-10(15)6-8-11)14(19)13-12(9(2)3)16-17-20-13/h9-11H,4-8,15H2,1-3H3. The summed E-state index contributed by atoms with van der Waals surface area (Å²) in [5.74, 6) is 0.317. The highest BCUT2D eigenvalue weighted by Gasteiger charge is 2.30.